The Morgan fingerprint density at radius 1 is 0.789 bits per heavy atom. The van der Waals surface area contributed by atoms with Gasteiger partial charge < -0.3 is 14.6 Å². The van der Waals surface area contributed by atoms with Crippen LogP contribution >= 0.6 is 0 Å². The second-order valence-electron chi connectivity index (χ2n) is 7.51. The molecule has 3 unspecified atom stereocenters. The molecule has 0 saturated carbocycles. The second-order valence-corrected chi connectivity index (χ2v) is 7.51. The maximum Gasteiger partial charge on any atom is 0.146 e. The molecule has 0 aliphatic carbocycles. The molecule has 2 fully saturated rings. The molecule has 19 heavy (non-hydrogen) atoms. The lowest BCUT2D eigenvalue weighted by molar-refractivity contribution is -0.240. The van der Waals surface area contributed by atoms with Crippen LogP contribution in [0.25, 0.3) is 0 Å². The first-order chi connectivity index (χ1) is 8.22. The van der Waals surface area contributed by atoms with Crippen molar-refractivity contribution in [2.75, 3.05) is 0 Å². The smallest absolute Gasteiger partial charge is 0.146 e. The van der Waals surface area contributed by atoms with Crippen LogP contribution in [0, 0.1) is 0 Å². The van der Waals surface area contributed by atoms with Gasteiger partial charge in [-0.3, -0.25) is 4.84 Å². The summed E-state index contributed by atoms with van der Waals surface area (Å²) >= 11 is 0. The highest BCUT2D eigenvalue weighted by Gasteiger charge is 2.84. The van der Waals surface area contributed by atoms with Gasteiger partial charge >= 0.3 is 0 Å². The Morgan fingerprint density at radius 2 is 1.21 bits per heavy atom. The number of nitrogens with two attached hydrogens (primary N) is 1. The standard InChI is InChI=1S/C14H27NO4/c1-9(2)11(5,16)13(7)14(8,17-9)12(6,19-15)10(3,4)18-13/h16H,15H2,1-8H3/t11?,12?,13-,14?/m1/s1. The first-order valence-electron chi connectivity index (χ1n) is 6.73. The first kappa shape index (κ1) is 15.2. The van der Waals surface area contributed by atoms with Crippen molar-refractivity contribution < 1.29 is 19.4 Å². The summed E-state index contributed by atoms with van der Waals surface area (Å²) in [6.07, 6.45) is 0. The van der Waals surface area contributed by atoms with Crippen LogP contribution in [0.1, 0.15) is 55.4 Å². The fourth-order valence-electron chi connectivity index (χ4n) is 3.93. The summed E-state index contributed by atoms with van der Waals surface area (Å²) in [7, 11) is 0. The maximum atomic E-state index is 11.0. The summed E-state index contributed by atoms with van der Waals surface area (Å²) in [6, 6.07) is 0. The van der Waals surface area contributed by atoms with Crippen molar-refractivity contribution in [1.82, 2.24) is 0 Å². The molecule has 0 radical (unpaired) electrons. The van der Waals surface area contributed by atoms with E-state index in [0.29, 0.717) is 0 Å². The zero-order chi connectivity index (χ0) is 15.1. The Kier molecular flexibility index (Phi) is 2.67. The molecule has 3 N–H and O–H groups in total. The predicted octanol–water partition coefficient (Wildman–Crippen LogP) is 1.52. The molecule has 2 aliphatic rings. The molecule has 2 aliphatic heterocycles. The highest BCUT2D eigenvalue weighted by Crippen LogP contribution is 2.66. The summed E-state index contributed by atoms with van der Waals surface area (Å²) < 4.78 is 12.5. The molecule has 0 amide bonds. The quantitative estimate of drug-likeness (QED) is 0.709. The van der Waals surface area contributed by atoms with Gasteiger partial charge in [-0.05, 0) is 55.4 Å². The van der Waals surface area contributed by atoms with Crippen LogP contribution in [0.4, 0.5) is 0 Å². The molecule has 5 heteroatoms. The van der Waals surface area contributed by atoms with Crippen molar-refractivity contribution in [3.63, 3.8) is 0 Å². The zero-order valence-electron chi connectivity index (χ0n) is 13.2. The Labute approximate surface area is 115 Å². The molecule has 0 spiro atoms. The van der Waals surface area contributed by atoms with E-state index in [4.69, 9.17) is 20.2 Å². The van der Waals surface area contributed by atoms with E-state index in [1.807, 2.05) is 48.5 Å². The minimum absolute atomic E-state index is 0.689. The lowest BCUT2D eigenvalue weighted by Crippen LogP contribution is -2.65. The molecule has 0 aromatic heterocycles. The predicted molar refractivity (Wildman–Crippen MR) is 71.4 cm³/mol. The number of hydrogen-bond acceptors (Lipinski definition) is 5. The number of hydrogen-bond donors (Lipinski definition) is 2. The fourth-order valence-corrected chi connectivity index (χ4v) is 3.93. The largest absolute Gasteiger partial charge is 0.384 e. The van der Waals surface area contributed by atoms with E-state index in [2.05, 4.69) is 0 Å². The summed E-state index contributed by atoms with van der Waals surface area (Å²) in [5.74, 6) is 5.58. The van der Waals surface area contributed by atoms with Crippen molar-refractivity contribution in [1.29, 1.82) is 0 Å². The Balaban J connectivity index is 2.71. The van der Waals surface area contributed by atoms with Crippen LogP contribution in [0.2, 0.25) is 0 Å². The van der Waals surface area contributed by atoms with Crippen molar-refractivity contribution in [2.24, 2.45) is 5.90 Å². The third-order valence-corrected chi connectivity index (χ3v) is 6.23. The van der Waals surface area contributed by atoms with E-state index in [1.54, 1.807) is 6.92 Å². The molecule has 0 aromatic rings. The number of rotatable bonds is 1. The van der Waals surface area contributed by atoms with Crippen molar-refractivity contribution in [3.05, 3.63) is 0 Å². The van der Waals surface area contributed by atoms with Gasteiger partial charge in [0, 0.05) is 0 Å². The average Bonchev–Trinajstić information content (AvgIpc) is 2.41. The van der Waals surface area contributed by atoms with E-state index in [0.717, 1.165) is 0 Å². The lowest BCUT2D eigenvalue weighted by atomic mass is 9.66. The molecule has 2 saturated heterocycles. The van der Waals surface area contributed by atoms with Gasteiger partial charge in [-0.1, -0.05) is 0 Å². The van der Waals surface area contributed by atoms with Gasteiger partial charge in [-0.25, -0.2) is 5.90 Å². The van der Waals surface area contributed by atoms with Gasteiger partial charge in [-0.15, -0.1) is 0 Å². The number of ether oxygens (including phenoxy) is 2. The van der Waals surface area contributed by atoms with Crippen molar-refractivity contribution in [2.45, 2.75) is 89.0 Å². The highest BCUT2D eigenvalue weighted by molar-refractivity contribution is 5.32. The van der Waals surface area contributed by atoms with E-state index >= 15 is 0 Å². The van der Waals surface area contributed by atoms with Gasteiger partial charge in [0.2, 0.25) is 0 Å². The van der Waals surface area contributed by atoms with Crippen LogP contribution in [-0.2, 0) is 14.3 Å². The van der Waals surface area contributed by atoms with Gasteiger partial charge in [-0.2, -0.15) is 0 Å². The van der Waals surface area contributed by atoms with Gasteiger partial charge in [0.25, 0.3) is 0 Å². The van der Waals surface area contributed by atoms with Gasteiger partial charge in [0.1, 0.15) is 22.4 Å². The summed E-state index contributed by atoms with van der Waals surface area (Å²) in [6.45, 7) is 14.9. The van der Waals surface area contributed by atoms with Crippen LogP contribution in [0.15, 0.2) is 0 Å². The molecule has 5 nitrogen and oxygen atoms in total. The average molecular weight is 273 g/mol. The Bertz CT molecular complexity index is 420. The molecule has 0 bridgehead atoms. The van der Waals surface area contributed by atoms with E-state index in [-0.39, 0.29) is 0 Å². The summed E-state index contributed by atoms with van der Waals surface area (Å²) in [5.41, 5.74) is -5.32. The maximum absolute atomic E-state index is 11.0. The molecular weight excluding hydrogens is 246 g/mol. The topological polar surface area (TPSA) is 73.9 Å². The lowest BCUT2D eigenvalue weighted by Gasteiger charge is -2.44. The molecule has 0 aromatic carbocycles. The van der Waals surface area contributed by atoms with Crippen molar-refractivity contribution >= 4 is 0 Å². The third-order valence-electron chi connectivity index (χ3n) is 6.23. The third kappa shape index (κ3) is 1.24. The normalized spacial score (nSPS) is 55.3. The molecule has 2 rings (SSSR count). The fraction of sp³-hybridized carbons (Fsp3) is 1.00. The van der Waals surface area contributed by atoms with E-state index in [1.165, 1.54) is 0 Å². The zero-order valence-corrected chi connectivity index (χ0v) is 13.2. The molecular formula is C14H27NO4. The van der Waals surface area contributed by atoms with Crippen LogP contribution in [-0.4, -0.2) is 38.7 Å². The summed E-state index contributed by atoms with van der Waals surface area (Å²) in [5, 5.41) is 11.0. The SMILES string of the molecule is CC1(C)O[C@]2(C)C(C)(O)C(C)(C)OC2(C)C1(C)ON. The number of aliphatic hydroxyl groups is 1. The van der Waals surface area contributed by atoms with E-state index < -0.39 is 33.6 Å². The number of fused-ring (bicyclic) bond motifs is 1. The van der Waals surface area contributed by atoms with Crippen LogP contribution in [0.5, 0.6) is 0 Å². The molecule has 112 valence electrons. The second kappa shape index (κ2) is 3.34. The molecule has 4 atom stereocenters. The first-order valence-corrected chi connectivity index (χ1v) is 6.73. The monoisotopic (exact) mass is 273 g/mol. The van der Waals surface area contributed by atoms with Crippen LogP contribution < -0.4 is 5.90 Å². The minimum Gasteiger partial charge on any atom is -0.384 e. The Hall–Kier alpha value is -0.200. The van der Waals surface area contributed by atoms with E-state index in [9.17, 15) is 5.11 Å². The Morgan fingerprint density at radius 3 is 1.63 bits per heavy atom. The van der Waals surface area contributed by atoms with Crippen LogP contribution in [0.3, 0.4) is 0 Å². The van der Waals surface area contributed by atoms with Gasteiger partial charge in [0.05, 0.1) is 11.2 Å². The van der Waals surface area contributed by atoms with Crippen molar-refractivity contribution in [3.8, 4) is 0 Å². The highest BCUT2D eigenvalue weighted by atomic mass is 16.7. The molecule has 2 heterocycles. The minimum atomic E-state index is -1.18. The van der Waals surface area contributed by atoms with Gasteiger partial charge in [0.15, 0.2) is 0 Å². The summed E-state index contributed by atoms with van der Waals surface area (Å²) in [4.78, 5) is 5.32.